The van der Waals surface area contributed by atoms with Crippen LogP contribution < -0.4 is 14.8 Å². The number of nitrogens with one attached hydrogen (secondary N) is 1. The number of rotatable bonds is 21. The molecule has 1 aliphatic heterocycles. The van der Waals surface area contributed by atoms with E-state index < -0.39 is 15.4 Å². The first-order chi connectivity index (χ1) is 17.9. The summed E-state index contributed by atoms with van der Waals surface area (Å²) in [4.78, 5) is 0. The molecule has 218 valence electrons. The molecule has 2 heterocycles. The van der Waals surface area contributed by atoms with Crippen LogP contribution in [0.25, 0.3) is 0 Å². The lowest BCUT2D eigenvalue weighted by Gasteiger charge is -2.24. The maximum atomic E-state index is 11.0. The normalized spacial score (nSPS) is 15.7. The van der Waals surface area contributed by atoms with Crippen molar-refractivity contribution in [3.05, 3.63) is 10.8 Å². The van der Waals surface area contributed by atoms with Gasteiger partial charge in [-0.2, -0.15) is 8.42 Å². The number of ether oxygens (including phenoxy) is 3. The fraction of sp³-hybridized carbons (Fsp3) is 0.857. The molecule has 2 rings (SSSR count). The predicted molar refractivity (Wildman–Crippen MR) is 155 cm³/mol. The molecule has 0 spiro atoms. The van der Waals surface area contributed by atoms with Crippen LogP contribution in [-0.4, -0.2) is 57.2 Å². The summed E-state index contributed by atoms with van der Waals surface area (Å²) in [6.45, 7) is 9.76. The highest BCUT2D eigenvalue weighted by Gasteiger charge is 2.23. The van der Waals surface area contributed by atoms with Gasteiger partial charge in [0, 0.05) is 17.4 Å². The summed E-state index contributed by atoms with van der Waals surface area (Å²) in [6.07, 6.45) is 17.3. The van der Waals surface area contributed by atoms with E-state index in [1.165, 1.54) is 101 Å². The molecule has 0 bridgehead atoms. The van der Waals surface area contributed by atoms with Gasteiger partial charge < -0.3 is 19.5 Å². The van der Waals surface area contributed by atoms with E-state index in [1.807, 2.05) is 10.8 Å². The first kappa shape index (κ1) is 34.2. The van der Waals surface area contributed by atoms with Gasteiger partial charge in [0.05, 0.1) is 11.9 Å². The van der Waals surface area contributed by atoms with Crippen molar-refractivity contribution in [2.75, 3.05) is 32.9 Å². The van der Waals surface area contributed by atoms with Crippen LogP contribution in [0, 0.1) is 0 Å². The standard InChI is InChI=1S/C16H35N.C12H18O6S2/c1-3-5-7-9-11-13-15-17-16-14-12-10-8-6-4-2;1-2-10(20(13,14)15)3-4-16-5-9-6-17-11-7-19-8-12(11)18-9/h17H,3-16H2,1-2H3;7-10H,2-6H2,1H3,(H,13,14,15). The molecule has 7 nitrogen and oxygen atoms in total. The second-order valence-electron chi connectivity index (χ2n) is 9.85. The van der Waals surface area contributed by atoms with Gasteiger partial charge in [-0.25, -0.2) is 0 Å². The minimum atomic E-state index is -3.99. The third kappa shape index (κ3) is 17.4. The Hall–Kier alpha value is -0.870. The third-order valence-electron chi connectivity index (χ3n) is 6.49. The molecule has 1 aliphatic rings. The Morgan fingerprint density at radius 1 is 0.946 bits per heavy atom. The fourth-order valence-corrected chi connectivity index (χ4v) is 5.61. The van der Waals surface area contributed by atoms with E-state index in [-0.39, 0.29) is 19.1 Å². The molecule has 2 unspecified atom stereocenters. The van der Waals surface area contributed by atoms with Crippen LogP contribution in [0.1, 0.15) is 111 Å². The molecule has 9 heteroatoms. The smallest absolute Gasteiger partial charge is 0.267 e. The van der Waals surface area contributed by atoms with E-state index in [1.54, 1.807) is 6.92 Å². The zero-order valence-electron chi connectivity index (χ0n) is 23.5. The minimum Gasteiger partial charge on any atom is -0.485 e. The van der Waals surface area contributed by atoms with E-state index in [9.17, 15) is 8.42 Å². The molecular formula is C28H53NO6S2. The van der Waals surface area contributed by atoms with Crippen LogP contribution in [0.5, 0.6) is 11.5 Å². The molecule has 0 radical (unpaired) electrons. The number of hydrogen-bond donors (Lipinski definition) is 2. The molecule has 1 aromatic rings. The minimum absolute atomic E-state index is 0.192. The number of unbranched alkanes of at least 4 members (excludes halogenated alkanes) is 10. The molecule has 0 fully saturated rings. The van der Waals surface area contributed by atoms with Gasteiger partial charge in [0.1, 0.15) is 6.61 Å². The monoisotopic (exact) mass is 563 g/mol. The summed E-state index contributed by atoms with van der Waals surface area (Å²) in [5.41, 5.74) is 0. The topological polar surface area (TPSA) is 94.1 Å². The number of hydrogen-bond acceptors (Lipinski definition) is 7. The lowest BCUT2D eigenvalue weighted by molar-refractivity contribution is 0.00857. The van der Waals surface area contributed by atoms with Gasteiger partial charge >= 0.3 is 0 Å². The molecule has 0 aromatic carbocycles. The van der Waals surface area contributed by atoms with Crippen LogP contribution >= 0.6 is 11.3 Å². The van der Waals surface area contributed by atoms with Crippen molar-refractivity contribution < 1.29 is 27.2 Å². The van der Waals surface area contributed by atoms with E-state index in [2.05, 4.69) is 19.2 Å². The SMILES string of the molecule is CCC(CCOCC1COc2cscc2O1)S(=O)(=O)O.CCCCCCCCNCCCCCCCC. The summed E-state index contributed by atoms with van der Waals surface area (Å²) in [6, 6.07) is 0. The average Bonchev–Trinajstić information content (AvgIpc) is 3.34. The predicted octanol–water partition coefficient (Wildman–Crippen LogP) is 7.26. The van der Waals surface area contributed by atoms with Crippen molar-refractivity contribution in [3.63, 3.8) is 0 Å². The fourth-order valence-electron chi connectivity index (χ4n) is 4.12. The summed E-state index contributed by atoms with van der Waals surface area (Å²) >= 11 is 1.51. The van der Waals surface area contributed by atoms with Crippen molar-refractivity contribution in [2.24, 2.45) is 0 Å². The van der Waals surface area contributed by atoms with Crippen LogP contribution in [-0.2, 0) is 14.9 Å². The molecule has 0 saturated heterocycles. The van der Waals surface area contributed by atoms with E-state index in [4.69, 9.17) is 18.8 Å². The lowest BCUT2D eigenvalue weighted by Crippen LogP contribution is -2.33. The third-order valence-corrected chi connectivity index (χ3v) is 8.60. The van der Waals surface area contributed by atoms with Gasteiger partial charge in [0.25, 0.3) is 10.1 Å². The van der Waals surface area contributed by atoms with Crippen molar-refractivity contribution in [1.29, 1.82) is 0 Å². The van der Waals surface area contributed by atoms with Gasteiger partial charge in [-0.3, -0.25) is 4.55 Å². The largest absolute Gasteiger partial charge is 0.485 e. The van der Waals surface area contributed by atoms with E-state index >= 15 is 0 Å². The molecule has 0 saturated carbocycles. The second-order valence-corrected chi connectivity index (χ2v) is 12.3. The van der Waals surface area contributed by atoms with Crippen molar-refractivity contribution in [3.8, 4) is 11.5 Å². The highest BCUT2D eigenvalue weighted by molar-refractivity contribution is 7.86. The van der Waals surface area contributed by atoms with Crippen LogP contribution in [0.3, 0.4) is 0 Å². The summed E-state index contributed by atoms with van der Waals surface area (Å²) in [7, 11) is -3.99. The Kier molecular flexibility index (Phi) is 20.3. The molecule has 1 aromatic heterocycles. The zero-order valence-corrected chi connectivity index (χ0v) is 25.2. The Morgan fingerprint density at radius 3 is 2.08 bits per heavy atom. The zero-order chi connectivity index (χ0) is 27.2. The summed E-state index contributed by atoms with van der Waals surface area (Å²) in [5, 5.41) is 6.55. The highest BCUT2D eigenvalue weighted by Crippen LogP contribution is 2.35. The summed E-state index contributed by atoms with van der Waals surface area (Å²) < 4.78 is 47.6. The number of thiophene rings is 1. The van der Waals surface area contributed by atoms with Crippen LogP contribution in [0.15, 0.2) is 10.8 Å². The molecule has 0 aliphatic carbocycles. The van der Waals surface area contributed by atoms with Crippen molar-refractivity contribution in [1.82, 2.24) is 5.32 Å². The van der Waals surface area contributed by atoms with Crippen LogP contribution in [0.4, 0.5) is 0 Å². The van der Waals surface area contributed by atoms with E-state index in [0.717, 1.165) is 11.5 Å². The van der Waals surface area contributed by atoms with Gasteiger partial charge in [-0.05, 0) is 38.8 Å². The molecule has 2 atom stereocenters. The molecular weight excluding hydrogens is 510 g/mol. The van der Waals surface area contributed by atoms with E-state index in [0.29, 0.717) is 19.6 Å². The lowest BCUT2D eigenvalue weighted by atomic mass is 10.1. The Labute approximate surface area is 230 Å². The molecule has 37 heavy (non-hydrogen) atoms. The van der Waals surface area contributed by atoms with Gasteiger partial charge in [0.2, 0.25) is 0 Å². The first-order valence-corrected chi connectivity index (χ1v) is 17.0. The van der Waals surface area contributed by atoms with Gasteiger partial charge in [-0.15, -0.1) is 11.3 Å². The average molecular weight is 564 g/mol. The van der Waals surface area contributed by atoms with Crippen LogP contribution in [0.2, 0.25) is 0 Å². The quantitative estimate of drug-likeness (QED) is 0.120. The Balaban J connectivity index is 0.000000377. The second kappa shape index (κ2) is 22.0. The summed E-state index contributed by atoms with van der Waals surface area (Å²) in [5.74, 6) is 1.47. The molecule has 0 amide bonds. The first-order valence-electron chi connectivity index (χ1n) is 14.5. The van der Waals surface area contributed by atoms with Gasteiger partial charge in [0.15, 0.2) is 17.6 Å². The molecule has 2 N–H and O–H groups in total. The van der Waals surface area contributed by atoms with Gasteiger partial charge in [-0.1, -0.05) is 85.0 Å². The Morgan fingerprint density at radius 2 is 1.51 bits per heavy atom. The highest BCUT2D eigenvalue weighted by atomic mass is 32.2. The number of fused-ring (bicyclic) bond motifs is 1. The maximum Gasteiger partial charge on any atom is 0.267 e. The Bertz CT molecular complexity index is 742. The maximum absolute atomic E-state index is 11.0. The van der Waals surface area contributed by atoms with Crippen molar-refractivity contribution in [2.45, 2.75) is 122 Å². The van der Waals surface area contributed by atoms with Crippen molar-refractivity contribution >= 4 is 21.5 Å².